The molecule has 0 fully saturated rings. The average Bonchev–Trinajstić information content (AvgIpc) is 3.04. The highest BCUT2D eigenvalue weighted by molar-refractivity contribution is 5.24. The fraction of sp³-hybridized carbons (Fsp3) is 0.538. The zero-order valence-corrected chi connectivity index (χ0v) is 12.7. The fourth-order valence-electron chi connectivity index (χ4n) is 2.28. The van der Waals surface area contributed by atoms with Crippen LogP contribution in [0.4, 0.5) is 5.69 Å². The molecule has 0 saturated carbocycles. The van der Waals surface area contributed by atoms with Crippen molar-refractivity contribution in [3.63, 3.8) is 0 Å². The van der Waals surface area contributed by atoms with E-state index in [4.69, 9.17) is 5.11 Å². The topological polar surface area (TPSA) is 111 Å². The summed E-state index contributed by atoms with van der Waals surface area (Å²) in [7, 11) is 0. The molecule has 2 aromatic rings. The first-order valence-corrected chi connectivity index (χ1v) is 7.04. The van der Waals surface area contributed by atoms with Crippen LogP contribution in [-0.4, -0.2) is 42.7 Å². The summed E-state index contributed by atoms with van der Waals surface area (Å²) < 4.78 is 3.34. The molecule has 22 heavy (non-hydrogen) atoms. The minimum atomic E-state index is -0.459. The van der Waals surface area contributed by atoms with Crippen LogP contribution in [-0.2, 0) is 19.6 Å². The van der Waals surface area contributed by atoms with Crippen molar-refractivity contribution in [3.05, 3.63) is 39.5 Å². The van der Waals surface area contributed by atoms with Gasteiger partial charge < -0.3 is 10.4 Å². The lowest BCUT2D eigenvalue weighted by molar-refractivity contribution is -0.385. The molecular formula is C13H20N6O3. The highest BCUT2D eigenvalue weighted by Gasteiger charge is 2.11. The number of nitro groups is 1. The van der Waals surface area contributed by atoms with E-state index in [1.807, 2.05) is 13.8 Å². The molecule has 0 radical (unpaired) electrons. The molecule has 2 N–H and O–H groups in total. The van der Waals surface area contributed by atoms with E-state index in [0.717, 1.165) is 17.0 Å². The Morgan fingerprint density at radius 1 is 1.41 bits per heavy atom. The number of nitrogens with one attached hydrogen (secondary N) is 1. The lowest BCUT2D eigenvalue weighted by atomic mass is 10.2. The molecule has 120 valence electrons. The maximum Gasteiger partial charge on any atom is 0.306 e. The van der Waals surface area contributed by atoms with Gasteiger partial charge >= 0.3 is 5.69 Å². The Bertz CT molecular complexity index is 648. The third-order valence-electron chi connectivity index (χ3n) is 3.49. The van der Waals surface area contributed by atoms with Crippen molar-refractivity contribution in [1.82, 2.24) is 24.9 Å². The Labute approximate surface area is 127 Å². The fourth-order valence-corrected chi connectivity index (χ4v) is 2.28. The largest absolute Gasteiger partial charge is 0.394 e. The van der Waals surface area contributed by atoms with Crippen molar-refractivity contribution < 1.29 is 10.0 Å². The summed E-state index contributed by atoms with van der Waals surface area (Å²) in [6.45, 7) is 6.32. The Morgan fingerprint density at radius 2 is 2.18 bits per heavy atom. The van der Waals surface area contributed by atoms with E-state index < -0.39 is 4.92 Å². The van der Waals surface area contributed by atoms with E-state index in [0.29, 0.717) is 26.2 Å². The Hall–Kier alpha value is -2.26. The third-order valence-corrected chi connectivity index (χ3v) is 3.49. The first kappa shape index (κ1) is 16.1. The molecule has 0 aliphatic rings. The smallest absolute Gasteiger partial charge is 0.306 e. The molecule has 2 heterocycles. The van der Waals surface area contributed by atoms with Crippen LogP contribution in [0.5, 0.6) is 0 Å². The van der Waals surface area contributed by atoms with Crippen molar-refractivity contribution in [2.45, 2.75) is 33.5 Å². The molecule has 9 heteroatoms. The summed E-state index contributed by atoms with van der Waals surface area (Å²) in [5.41, 5.74) is 3.08. The maximum atomic E-state index is 10.6. The van der Waals surface area contributed by atoms with Crippen molar-refractivity contribution in [2.24, 2.45) is 0 Å². The minimum absolute atomic E-state index is 0.00281. The minimum Gasteiger partial charge on any atom is -0.394 e. The van der Waals surface area contributed by atoms with Crippen LogP contribution in [0.2, 0.25) is 0 Å². The summed E-state index contributed by atoms with van der Waals surface area (Å²) in [4.78, 5) is 10.1. The number of nitrogens with zero attached hydrogens (tertiary/aromatic N) is 5. The van der Waals surface area contributed by atoms with Crippen LogP contribution >= 0.6 is 0 Å². The summed E-state index contributed by atoms with van der Waals surface area (Å²) in [6, 6.07) is 0. The molecule has 0 aromatic carbocycles. The van der Waals surface area contributed by atoms with Gasteiger partial charge in [-0.25, -0.2) is 0 Å². The maximum absolute atomic E-state index is 10.6. The second-order valence-corrected chi connectivity index (χ2v) is 4.99. The van der Waals surface area contributed by atoms with Crippen LogP contribution in [0.15, 0.2) is 12.4 Å². The molecule has 2 rings (SSSR count). The number of aliphatic hydroxyl groups excluding tert-OH is 1. The van der Waals surface area contributed by atoms with Crippen LogP contribution in [0.25, 0.3) is 0 Å². The van der Waals surface area contributed by atoms with Gasteiger partial charge in [0.1, 0.15) is 12.4 Å². The highest BCUT2D eigenvalue weighted by Crippen LogP contribution is 2.12. The number of hydrogen-bond acceptors (Lipinski definition) is 6. The average molecular weight is 308 g/mol. The molecule has 0 spiro atoms. The van der Waals surface area contributed by atoms with Crippen molar-refractivity contribution >= 4 is 5.69 Å². The van der Waals surface area contributed by atoms with Crippen molar-refractivity contribution in [1.29, 1.82) is 0 Å². The quantitative estimate of drug-likeness (QED) is 0.414. The van der Waals surface area contributed by atoms with Crippen LogP contribution in [0.1, 0.15) is 17.0 Å². The molecule has 0 amide bonds. The van der Waals surface area contributed by atoms with Gasteiger partial charge in [-0.1, -0.05) is 0 Å². The van der Waals surface area contributed by atoms with Crippen LogP contribution < -0.4 is 5.32 Å². The summed E-state index contributed by atoms with van der Waals surface area (Å²) in [5, 5.41) is 31.2. The monoisotopic (exact) mass is 308 g/mol. The Balaban J connectivity index is 1.84. The van der Waals surface area contributed by atoms with Gasteiger partial charge in [0.15, 0.2) is 0 Å². The van der Waals surface area contributed by atoms with Gasteiger partial charge in [-0.2, -0.15) is 10.2 Å². The summed E-state index contributed by atoms with van der Waals surface area (Å²) in [6.07, 6.45) is 2.66. The van der Waals surface area contributed by atoms with Gasteiger partial charge in [0, 0.05) is 24.3 Å². The molecule has 0 atom stereocenters. The second kappa shape index (κ2) is 7.14. The number of hydrogen-bond donors (Lipinski definition) is 2. The number of rotatable bonds is 8. The predicted octanol–water partition coefficient (Wildman–Crippen LogP) is 0.387. The molecule has 9 nitrogen and oxygen atoms in total. The standard InChI is InChI=1S/C13H20N6O3/c1-10-13(11(2)18(16-10)5-6-20)8-14-3-4-17-9-12(7-15-17)19(21)22/h7,9,14,20H,3-6,8H2,1-2H3. The molecule has 0 saturated heterocycles. The van der Waals surface area contributed by atoms with Gasteiger partial charge in [0.25, 0.3) is 0 Å². The lowest BCUT2D eigenvalue weighted by Gasteiger charge is -2.06. The Morgan fingerprint density at radius 3 is 2.82 bits per heavy atom. The normalized spacial score (nSPS) is 11.0. The number of aryl methyl sites for hydroxylation is 1. The molecule has 0 bridgehead atoms. The highest BCUT2D eigenvalue weighted by atomic mass is 16.6. The number of aromatic nitrogens is 4. The molecule has 0 unspecified atom stereocenters. The van der Waals surface area contributed by atoms with Crippen molar-refractivity contribution in [3.8, 4) is 0 Å². The van der Waals surface area contributed by atoms with Gasteiger partial charge in [-0.15, -0.1) is 0 Å². The van der Waals surface area contributed by atoms with E-state index >= 15 is 0 Å². The van der Waals surface area contributed by atoms with E-state index in [1.165, 1.54) is 12.4 Å². The first-order valence-electron chi connectivity index (χ1n) is 7.04. The van der Waals surface area contributed by atoms with Gasteiger partial charge in [-0.05, 0) is 13.8 Å². The van der Waals surface area contributed by atoms with Gasteiger partial charge in [0.2, 0.25) is 0 Å². The van der Waals surface area contributed by atoms with Crippen LogP contribution in [0, 0.1) is 24.0 Å². The molecule has 0 aliphatic carbocycles. The first-order chi connectivity index (χ1) is 10.5. The summed E-state index contributed by atoms with van der Waals surface area (Å²) >= 11 is 0. The Kier molecular flexibility index (Phi) is 5.23. The predicted molar refractivity (Wildman–Crippen MR) is 79.4 cm³/mol. The van der Waals surface area contributed by atoms with E-state index in [9.17, 15) is 10.1 Å². The van der Waals surface area contributed by atoms with Crippen molar-refractivity contribution in [2.75, 3.05) is 13.2 Å². The number of aliphatic hydroxyl groups is 1. The van der Waals surface area contributed by atoms with E-state index in [1.54, 1.807) is 9.36 Å². The van der Waals surface area contributed by atoms with Gasteiger partial charge in [0.05, 0.1) is 30.3 Å². The summed E-state index contributed by atoms with van der Waals surface area (Å²) in [5.74, 6) is 0. The second-order valence-electron chi connectivity index (χ2n) is 4.99. The zero-order chi connectivity index (χ0) is 16.1. The van der Waals surface area contributed by atoms with E-state index in [-0.39, 0.29) is 12.3 Å². The SMILES string of the molecule is Cc1nn(CCO)c(C)c1CNCCn1cc([N+](=O)[O-])cn1. The third kappa shape index (κ3) is 3.68. The zero-order valence-electron chi connectivity index (χ0n) is 12.7. The lowest BCUT2D eigenvalue weighted by Crippen LogP contribution is -2.20. The van der Waals surface area contributed by atoms with Crippen LogP contribution in [0.3, 0.4) is 0 Å². The van der Waals surface area contributed by atoms with E-state index in [2.05, 4.69) is 15.5 Å². The van der Waals surface area contributed by atoms with Gasteiger partial charge in [-0.3, -0.25) is 19.5 Å². The molecule has 2 aromatic heterocycles. The molecule has 0 aliphatic heterocycles. The molecular weight excluding hydrogens is 288 g/mol.